The van der Waals surface area contributed by atoms with Crippen LogP contribution in [0.15, 0.2) is 23.1 Å². The number of halogens is 1. The van der Waals surface area contributed by atoms with Crippen LogP contribution in [-0.4, -0.2) is 45.1 Å². The SMILES string of the molecule is N#Cc1cc(S(=O)(=O)N2CCOC(CN)C2)ccc1F. The van der Waals surface area contributed by atoms with Gasteiger partial charge in [0.15, 0.2) is 0 Å². The molecule has 0 bridgehead atoms. The molecule has 0 radical (unpaired) electrons. The lowest BCUT2D eigenvalue weighted by molar-refractivity contribution is 0.00450. The lowest BCUT2D eigenvalue weighted by atomic mass is 10.2. The predicted molar refractivity (Wildman–Crippen MR) is 68.7 cm³/mol. The minimum absolute atomic E-state index is 0.104. The topological polar surface area (TPSA) is 96.4 Å². The van der Waals surface area contributed by atoms with Crippen molar-refractivity contribution in [1.29, 1.82) is 5.26 Å². The number of hydrogen-bond donors (Lipinski definition) is 1. The van der Waals surface area contributed by atoms with Crippen LogP contribution in [0.2, 0.25) is 0 Å². The van der Waals surface area contributed by atoms with Crippen molar-refractivity contribution in [2.24, 2.45) is 5.73 Å². The number of sulfonamides is 1. The first kappa shape index (κ1) is 14.9. The zero-order chi connectivity index (χ0) is 14.8. The Morgan fingerprint density at radius 1 is 1.55 bits per heavy atom. The molecule has 1 aromatic carbocycles. The number of morpholine rings is 1. The molecular weight excluding hydrogens is 285 g/mol. The van der Waals surface area contributed by atoms with Crippen molar-refractivity contribution in [3.05, 3.63) is 29.6 Å². The molecule has 0 saturated carbocycles. The zero-order valence-electron chi connectivity index (χ0n) is 10.6. The van der Waals surface area contributed by atoms with E-state index in [-0.39, 0.29) is 42.8 Å². The average molecular weight is 299 g/mol. The maximum atomic E-state index is 13.2. The van der Waals surface area contributed by atoms with E-state index in [9.17, 15) is 12.8 Å². The van der Waals surface area contributed by atoms with Crippen LogP contribution >= 0.6 is 0 Å². The van der Waals surface area contributed by atoms with E-state index >= 15 is 0 Å². The van der Waals surface area contributed by atoms with Gasteiger partial charge in [0.05, 0.1) is 23.2 Å². The van der Waals surface area contributed by atoms with Gasteiger partial charge in [0.1, 0.15) is 11.9 Å². The number of nitrogens with zero attached hydrogens (tertiary/aromatic N) is 2. The standard InChI is InChI=1S/C12H14FN3O3S/c13-12-2-1-11(5-9(12)6-14)20(17,18)16-3-4-19-10(7-15)8-16/h1-2,5,10H,3-4,7-8,15H2. The summed E-state index contributed by atoms with van der Waals surface area (Å²) >= 11 is 0. The predicted octanol–water partition coefficient (Wildman–Crippen LogP) is 0.0456. The Kier molecular flexibility index (Phi) is 4.35. The fraction of sp³-hybridized carbons (Fsp3) is 0.417. The van der Waals surface area contributed by atoms with Gasteiger partial charge < -0.3 is 10.5 Å². The molecule has 6 nitrogen and oxygen atoms in total. The van der Waals surface area contributed by atoms with Gasteiger partial charge in [-0.1, -0.05) is 0 Å². The Hall–Kier alpha value is -1.53. The molecule has 1 unspecified atom stereocenters. The molecule has 1 atom stereocenters. The van der Waals surface area contributed by atoms with Crippen molar-refractivity contribution < 1.29 is 17.5 Å². The number of nitrogens with two attached hydrogens (primary N) is 1. The van der Waals surface area contributed by atoms with Crippen LogP contribution < -0.4 is 5.73 Å². The Labute approximate surface area is 116 Å². The first-order chi connectivity index (χ1) is 9.48. The van der Waals surface area contributed by atoms with Gasteiger partial charge in [-0.05, 0) is 18.2 Å². The van der Waals surface area contributed by atoms with Crippen molar-refractivity contribution in [2.45, 2.75) is 11.0 Å². The summed E-state index contributed by atoms with van der Waals surface area (Å²) in [4.78, 5) is -0.104. The lowest BCUT2D eigenvalue weighted by Gasteiger charge is -2.31. The second-order valence-electron chi connectivity index (χ2n) is 4.35. The van der Waals surface area contributed by atoms with Crippen LogP contribution in [0.5, 0.6) is 0 Å². The third-order valence-electron chi connectivity index (χ3n) is 3.06. The monoisotopic (exact) mass is 299 g/mol. The second-order valence-corrected chi connectivity index (χ2v) is 6.28. The maximum Gasteiger partial charge on any atom is 0.243 e. The van der Waals surface area contributed by atoms with Crippen LogP contribution in [0.25, 0.3) is 0 Å². The van der Waals surface area contributed by atoms with Gasteiger partial charge >= 0.3 is 0 Å². The molecule has 108 valence electrons. The third kappa shape index (κ3) is 2.81. The fourth-order valence-electron chi connectivity index (χ4n) is 1.95. The van der Waals surface area contributed by atoms with Gasteiger partial charge in [0.2, 0.25) is 10.0 Å². The van der Waals surface area contributed by atoms with Crippen molar-refractivity contribution in [3.8, 4) is 6.07 Å². The van der Waals surface area contributed by atoms with E-state index in [4.69, 9.17) is 15.7 Å². The molecule has 1 aromatic rings. The molecule has 2 rings (SSSR count). The largest absolute Gasteiger partial charge is 0.374 e. The van der Waals surface area contributed by atoms with Gasteiger partial charge in [-0.15, -0.1) is 0 Å². The Morgan fingerprint density at radius 2 is 2.30 bits per heavy atom. The highest BCUT2D eigenvalue weighted by Gasteiger charge is 2.30. The Bertz CT molecular complexity index is 642. The van der Waals surface area contributed by atoms with Crippen LogP contribution in [0.1, 0.15) is 5.56 Å². The summed E-state index contributed by atoms with van der Waals surface area (Å²) in [6, 6.07) is 4.80. The molecule has 1 heterocycles. The molecule has 0 aliphatic carbocycles. The summed E-state index contributed by atoms with van der Waals surface area (Å²) in [6.45, 7) is 0.836. The van der Waals surface area contributed by atoms with Gasteiger partial charge in [-0.3, -0.25) is 0 Å². The first-order valence-corrected chi connectivity index (χ1v) is 7.44. The van der Waals surface area contributed by atoms with E-state index in [1.54, 1.807) is 6.07 Å². The van der Waals surface area contributed by atoms with Crippen LogP contribution in [0, 0.1) is 17.1 Å². The van der Waals surface area contributed by atoms with Gasteiger partial charge in [-0.25, -0.2) is 12.8 Å². The lowest BCUT2D eigenvalue weighted by Crippen LogP contribution is -2.48. The van der Waals surface area contributed by atoms with Crippen molar-refractivity contribution in [2.75, 3.05) is 26.2 Å². The fourth-order valence-corrected chi connectivity index (χ4v) is 3.44. The third-order valence-corrected chi connectivity index (χ3v) is 4.92. The number of rotatable bonds is 3. The highest BCUT2D eigenvalue weighted by Crippen LogP contribution is 2.20. The molecular formula is C12H14FN3O3S. The smallest absolute Gasteiger partial charge is 0.243 e. The molecule has 1 aliphatic rings. The van der Waals surface area contributed by atoms with Crippen molar-refractivity contribution >= 4 is 10.0 Å². The summed E-state index contributed by atoms with van der Waals surface area (Å²) in [5, 5.41) is 8.76. The summed E-state index contributed by atoms with van der Waals surface area (Å²) in [7, 11) is -3.77. The van der Waals surface area contributed by atoms with E-state index < -0.39 is 15.8 Å². The van der Waals surface area contributed by atoms with Crippen molar-refractivity contribution in [3.63, 3.8) is 0 Å². The Morgan fingerprint density at radius 3 is 2.95 bits per heavy atom. The summed E-state index contributed by atoms with van der Waals surface area (Å²) in [5.41, 5.74) is 5.18. The van der Waals surface area contributed by atoms with Crippen LogP contribution in [0.3, 0.4) is 0 Å². The Balaban J connectivity index is 2.33. The second kappa shape index (κ2) is 5.85. The summed E-state index contributed by atoms with van der Waals surface area (Å²) < 4.78 is 44.6. The zero-order valence-corrected chi connectivity index (χ0v) is 11.4. The minimum atomic E-state index is -3.77. The average Bonchev–Trinajstić information content (AvgIpc) is 2.47. The van der Waals surface area contributed by atoms with Crippen LogP contribution in [0.4, 0.5) is 4.39 Å². The molecule has 2 N–H and O–H groups in total. The van der Waals surface area contributed by atoms with Crippen LogP contribution in [-0.2, 0) is 14.8 Å². The molecule has 0 spiro atoms. The first-order valence-electron chi connectivity index (χ1n) is 6.00. The summed E-state index contributed by atoms with van der Waals surface area (Å²) in [5.74, 6) is -0.742. The van der Waals surface area contributed by atoms with E-state index in [1.165, 1.54) is 4.31 Å². The molecule has 1 aliphatic heterocycles. The number of hydrogen-bond acceptors (Lipinski definition) is 5. The highest BCUT2D eigenvalue weighted by molar-refractivity contribution is 7.89. The molecule has 1 saturated heterocycles. The maximum absolute atomic E-state index is 13.2. The number of ether oxygens (including phenoxy) is 1. The van der Waals surface area contributed by atoms with E-state index in [0.29, 0.717) is 0 Å². The van der Waals surface area contributed by atoms with E-state index in [0.717, 1.165) is 18.2 Å². The molecule has 0 amide bonds. The highest BCUT2D eigenvalue weighted by atomic mass is 32.2. The van der Waals surface area contributed by atoms with Gasteiger partial charge in [0, 0.05) is 19.6 Å². The van der Waals surface area contributed by atoms with Gasteiger partial charge in [0.25, 0.3) is 0 Å². The quantitative estimate of drug-likeness (QED) is 0.850. The van der Waals surface area contributed by atoms with Gasteiger partial charge in [-0.2, -0.15) is 9.57 Å². The van der Waals surface area contributed by atoms with Crippen molar-refractivity contribution in [1.82, 2.24) is 4.31 Å². The molecule has 0 aromatic heterocycles. The molecule has 1 fully saturated rings. The van der Waals surface area contributed by atoms with E-state index in [2.05, 4.69) is 0 Å². The van der Waals surface area contributed by atoms with E-state index in [1.807, 2.05) is 0 Å². The minimum Gasteiger partial charge on any atom is -0.374 e. The number of benzene rings is 1. The summed E-state index contributed by atoms with van der Waals surface area (Å²) in [6.07, 6.45) is -0.352. The normalized spacial score (nSPS) is 20.6. The number of nitriles is 1. The molecule has 8 heteroatoms. The molecule has 20 heavy (non-hydrogen) atoms.